The van der Waals surface area contributed by atoms with E-state index in [9.17, 15) is 23.2 Å². The highest BCUT2D eigenvalue weighted by Crippen LogP contribution is 2.34. The van der Waals surface area contributed by atoms with Crippen LogP contribution in [-0.4, -0.2) is 122 Å². The van der Waals surface area contributed by atoms with Gasteiger partial charge in [0, 0.05) is 44.7 Å². The first kappa shape index (κ1) is 35.5. The number of carbonyl (C=O) groups is 3. The van der Waals surface area contributed by atoms with Crippen LogP contribution in [0.4, 0.5) is 8.78 Å². The number of aromatic nitrogens is 1. The quantitative estimate of drug-likeness (QED) is 0.249. The lowest BCUT2D eigenvalue weighted by atomic mass is 9.83. The summed E-state index contributed by atoms with van der Waals surface area (Å²) in [5.41, 5.74) is 0.529. The third-order valence-electron chi connectivity index (χ3n) is 8.89. The lowest BCUT2D eigenvalue weighted by Crippen LogP contribution is -2.59. The highest BCUT2D eigenvalue weighted by molar-refractivity contribution is 6.00. The van der Waals surface area contributed by atoms with Crippen molar-refractivity contribution < 1.29 is 42.5 Å². The molecule has 1 saturated heterocycles. The van der Waals surface area contributed by atoms with Gasteiger partial charge in [-0.3, -0.25) is 14.4 Å². The summed E-state index contributed by atoms with van der Waals surface area (Å²) < 4.78 is 47.0. The molecule has 1 aromatic heterocycles. The molecule has 1 unspecified atom stereocenters. The first-order valence-electron chi connectivity index (χ1n) is 16.1. The van der Waals surface area contributed by atoms with E-state index in [-0.39, 0.29) is 93.2 Å². The summed E-state index contributed by atoms with van der Waals surface area (Å²) in [5, 5.41) is 14.9. The molecule has 0 radical (unpaired) electrons. The number of aliphatic hydroxyl groups is 1. The first-order chi connectivity index (χ1) is 22.2. The second-order valence-electron chi connectivity index (χ2n) is 11.8. The number of ether oxygens (including phenoxy) is 3. The number of fused-ring (bicyclic) bond motifs is 1. The Hall–Kier alpha value is -3.33. The average Bonchev–Trinajstić information content (AvgIpc) is 3.40. The molecule has 2 atom stereocenters. The third-order valence-corrected chi connectivity index (χ3v) is 8.89. The predicted octanol–water partition coefficient (Wildman–Crippen LogP) is 1.82. The Balaban J connectivity index is 1.41. The Morgan fingerprint density at radius 3 is 2.24 bits per heavy atom. The third kappa shape index (κ3) is 8.52. The zero-order valence-electron chi connectivity index (χ0n) is 27.0. The van der Waals surface area contributed by atoms with Crippen molar-refractivity contribution in [1.82, 2.24) is 25.0 Å². The van der Waals surface area contributed by atoms with Crippen LogP contribution in [0.1, 0.15) is 49.5 Å². The molecule has 46 heavy (non-hydrogen) atoms. The molecule has 12 nitrogen and oxygen atoms in total. The summed E-state index contributed by atoms with van der Waals surface area (Å²) in [4.78, 5) is 43.5. The second kappa shape index (κ2) is 17.0. The van der Waals surface area contributed by atoms with E-state index in [1.807, 2.05) is 0 Å². The van der Waals surface area contributed by atoms with E-state index >= 15 is 0 Å². The van der Waals surface area contributed by atoms with Crippen molar-refractivity contribution >= 4 is 28.6 Å². The number of aryl methyl sites for hydroxylation is 1. The summed E-state index contributed by atoms with van der Waals surface area (Å²) in [5.74, 6) is -3.17. The fraction of sp³-hybridized carbons (Fsp3) is 0.656. The van der Waals surface area contributed by atoms with E-state index in [1.165, 1.54) is 10.6 Å². The number of halogens is 2. The van der Waals surface area contributed by atoms with Gasteiger partial charge in [0.05, 0.1) is 44.6 Å². The van der Waals surface area contributed by atoms with Gasteiger partial charge in [0.15, 0.2) is 11.6 Å². The van der Waals surface area contributed by atoms with E-state index in [1.54, 1.807) is 30.8 Å². The Morgan fingerprint density at radius 2 is 1.59 bits per heavy atom. The van der Waals surface area contributed by atoms with Gasteiger partial charge >= 0.3 is 0 Å². The molecular weight excluding hydrogens is 604 g/mol. The molecule has 1 aromatic carbocycles. The monoisotopic (exact) mass is 651 g/mol. The van der Waals surface area contributed by atoms with Crippen LogP contribution in [0, 0.1) is 17.6 Å². The van der Waals surface area contributed by atoms with E-state index in [4.69, 9.17) is 19.3 Å². The number of hydrogen-bond acceptors (Lipinski definition) is 8. The predicted molar refractivity (Wildman–Crippen MR) is 167 cm³/mol. The Morgan fingerprint density at radius 1 is 0.957 bits per heavy atom. The van der Waals surface area contributed by atoms with Crippen molar-refractivity contribution in [3.05, 3.63) is 29.5 Å². The van der Waals surface area contributed by atoms with E-state index < -0.39 is 23.7 Å². The van der Waals surface area contributed by atoms with E-state index in [2.05, 4.69) is 10.6 Å². The van der Waals surface area contributed by atoms with Crippen molar-refractivity contribution in [2.75, 3.05) is 72.9 Å². The van der Waals surface area contributed by atoms with Gasteiger partial charge in [-0.1, -0.05) is 19.3 Å². The van der Waals surface area contributed by atoms with Gasteiger partial charge in [-0.25, -0.2) is 4.39 Å². The molecule has 2 aliphatic rings. The summed E-state index contributed by atoms with van der Waals surface area (Å²) in [7, 11) is 3.31. The molecule has 256 valence electrons. The van der Waals surface area contributed by atoms with E-state index in [0.29, 0.717) is 18.6 Å². The van der Waals surface area contributed by atoms with Crippen molar-refractivity contribution in [1.29, 1.82) is 0 Å². The van der Waals surface area contributed by atoms with Crippen LogP contribution in [0.25, 0.3) is 10.9 Å². The molecule has 3 N–H and O–H groups in total. The van der Waals surface area contributed by atoms with Crippen LogP contribution in [0.2, 0.25) is 0 Å². The second-order valence-corrected chi connectivity index (χ2v) is 11.8. The minimum Gasteiger partial charge on any atom is -0.487 e. The van der Waals surface area contributed by atoms with Gasteiger partial charge < -0.3 is 44.3 Å². The molecule has 1 saturated carbocycles. The normalized spacial score (nSPS) is 17.3. The van der Waals surface area contributed by atoms with Gasteiger partial charge in [-0.15, -0.1) is 0 Å². The highest BCUT2D eigenvalue weighted by Gasteiger charge is 2.36. The maximum Gasteiger partial charge on any atom is 0.270 e. The van der Waals surface area contributed by atoms with Crippen LogP contribution in [-0.2, 0) is 26.1 Å². The van der Waals surface area contributed by atoms with Crippen LogP contribution < -0.4 is 15.4 Å². The smallest absolute Gasteiger partial charge is 0.270 e. The number of rotatable bonds is 15. The summed E-state index contributed by atoms with van der Waals surface area (Å²) in [6.07, 6.45) is 4.93. The van der Waals surface area contributed by atoms with Crippen molar-refractivity contribution in [3.8, 4) is 5.75 Å². The van der Waals surface area contributed by atoms with E-state index in [0.717, 1.165) is 38.2 Å². The molecule has 14 heteroatoms. The number of aliphatic hydroxyl groups excluding tert-OH is 1. The minimum absolute atomic E-state index is 0.0557. The van der Waals surface area contributed by atoms with Crippen LogP contribution in [0.15, 0.2) is 12.1 Å². The molecule has 1 aliphatic carbocycles. The molecular formula is C32H47F2N5O7. The van der Waals surface area contributed by atoms with Gasteiger partial charge in [-0.05, 0) is 38.8 Å². The largest absolute Gasteiger partial charge is 0.487 e. The standard InChI is InChI=1S/C32H47F2N5O7/c1-21(35-2)30(41)36-28(22-7-5-4-6-8-22)32(43)39-11-9-38(10-12-39)31(42)26-19-23-25(37(26)3)20-24(33)27(34)29(23)46-18-17-45-16-15-44-14-13-40/h19-22,28,35,40H,4-18H2,1-3H3,(H,36,41)/t21-,28?/m0/s1. The molecule has 0 bridgehead atoms. The number of benzene rings is 1. The van der Waals surface area contributed by atoms with Gasteiger partial charge in [-0.2, -0.15) is 4.39 Å². The maximum atomic E-state index is 14.8. The molecule has 2 heterocycles. The zero-order valence-corrected chi connectivity index (χ0v) is 27.0. The number of carbonyl (C=O) groups excluding carboxylic acids is 3. The minimum atomic E-state index is -1.15. The molecule has 0 spiro atoms. The van der Waals surface area contributed by atoms with Crippen LogP contribution in [0.5, 0.6) is 5.75 Å². The number of likely N-dealkylation sites (N-methyl/N-ethyl adjacent to an activating group) is 1. The number of piperazine rings is 1. The summed E-state index contributed by atoms with van der Waals surface area (Å²) in [6, 6.07) is 1.48. The first-order valence-corrected chi connectivity index (χ1v) is 16.1. The molecule has 3 amide bonds. The Bertz CT molecular complexity index is 1340. The SMILES string of the molecule is CN[C@@H](C)C(=O)NC(C(=O)N1CCN(C(=O)c2cc3c(OCCOCCOCCO)c(F)c(F)cc3n2C)CC1)C1CCCCC1. The molecule has 2 fully saturated rings. The zero-order chi connectivity index (χ0) is 33.2. The van der Waals surface area contributed by atoms with Crippen molar-refractivity contribution in [3.63, 3.8) is 0 Å². The summed E-state index contributed by atoms with van der Waals surface area (Å²) in [6.45, 7) is 3.59. The maximum absolute atomic E-state index is 14.8. The molecule has 4 rings (SSSR count). The van der Waals surface area contributed by atoms with Crippen LogP contribution in [0.3, 0.4) is 0 Å². The van der Waals surface area contributed by atoms with Gasteiger partial charge in [0.25, 0.3) is 5.91 Å². The van der Waals surface area contributed by atoms with Crippen LogP contribution >= 0.6 is 0 Å². The van der Waals surface area contributed by atoms with Gasteiger partial charge in [0.1, 0.15) is 18.3 Å². The topological polar surface area (TPSA) is 135 Å². The van der Waals surface area contributed by atoms with Crippen molar-refractivity contribution in [2.24, 2.45) is 13.0 Å². The lowest BCUT2D eigenvalue weighted by Gasteiger charge is -2.39. The average molecular weight is 652 g/mol. The number of hydrogen-bond donors (Lipinski definition) is 3. The summed E-state index contributed by atoms with van der Waals surface area (Å²) >= 11 is 0. The van der Waals surface area contributed by atoms with Crippen molar-refractivity contribution in [2.45, 2.75) is 51.1 Å². The highest BCUT2D eigenvalue weighted by atomic mass is 19.2. The lowest BCUT2D eigenvalue weighted by molar-refractivity contribution is -0.140. The fourth-order valence-corrected chi connectivity index (χ4v) is 6.07. The number of nitrogens with one attached hydrogen (secondary N) is 2. The molecule has 1 aliphatic heterocycles. The van der Waals surface area contributed by atoms with Gasteiger partial charge in [0.2, 0.25) is 17.6 Å². The Kier molecular flexibility index (Phi) is 13.1. The number of amides is 3. The molecule has 2 aromatic rings. The Labute approximate surface area is 268 Å². The number of nitrogens with zero attached hydrogens (tertiary/aromatic N) is 3. The fourth-order valence-electron chi connectivity index (χ4n) is 6.07.